The molecule has 7 nitrogen and oxygen atoms in total. The van der Waals surface area contributed by atoms with Crippen LogP contribution >= 0.6 is 0 Å². The quantitative estimate of drug-likeness (QED) is 0.0854. The molecule has 3 heterocycles. The van der Waals surface area contributed by atoms with Crippen molar-refractivity contribution in [2.75, 3.05) is 0 Å². The van der Waals surface area contributed by atoms with Gasteiger partial charge in [0.1, 0.15) is 5.54 Å². The fourth-order valence-corrected chi connectivity index (χ4v) is 10.6. The van der Waals surface area contributed by atoms with Gasteiger partial charge in [0.15, 0.2) is 5.82 Å². The first-order valence-electron chi connectivity index (χ1n) is 20.3. The molecule has 9 rings (SSSR count). The van der Waals surface area contributed by atoms with E-state index in [1.165, 1.54) is 14.1 Å². The standard InChI is InChI=1S/C51H44N6OSe/c1-3-4-27-47-46(50(58)56(36(2)52-47)35-43-34-39-18-14-17-28-48(39)59-43)33-37-29-31-38(32-30-37)44-25-15-16-26-45(44)49-53-54-55-57(49)51(40-19-8-5-9-20-40,41-21-10-6-11-22-41)42-23-12-7-13-24-42/h5-26,28-32,34H,3-4,27,33,35H2,1-2H3. The van der Waals surface area contributed by atoms with E-state index < -0.39 is 5.54 Å². The van der Waals surface area contributed by atoms with Crippen molar-refractivity contribution in [3.05, 3.63) is 224 Å². The van der Waals surface area contributed by atoms with E-state index in [0.29, 0.717) is 18.8 Å². The van der Waals surface area contributed by atoms with Crippen molar-refractivity contribution in [2.45, 2.75) is 51.6 Å². The van der Waals surface area contributed by atoms with Crippen LogP contribution in [0.25, 0.3) is 32.2 Å². The van der Waals surface area contributed by atoms with Crippen LogP contribution in [0.15, 0.2) is 175 Å². The minimum absolute atomic E-state index is 0.0660. The zero-order chi connectivity index (χ0) is 40.2. The third kappa shape index (κ3) is 7.31. The van der Waals surface area contributed by atoms with Crippen LogP contribution in [0.1, 0.15) is 63.5 Å². The number of rotatable bonds is 13. The molecule has 0 unspecified atom stereocenters. The van der Waals surface area contributed by atoms with Crippen LogP contribution < -0.4 is 5.56 Å². The van der Waals surface area contributed by atoms with E-state index in [0.717, 1.165) is 75.3 Å². The molecule has 3 aromatic heterocycles. The van der Waals surface area contributed by atoms with Gasteiger partial charge in [-0.1, -0.05) is 109 Å². The Balaban J connectivity index is 1.10. The first kappa shape index (κ1) is 38.1. The summed E-state index contributed by atoms with van der Waals surface area (Å²) in [5.41, 5.74) is 8.05. The SMILES string of the molecule is CCCCc1nc(C)n(Cc2cc3ccccc3[se]2)c(=O)c1Cc1ccc(-c2ccccc2-c2nnnn2C(c2ccccc2)(c2ccccc2)c2ccccc2)cc1. The van der Waals surface area contributed by atoms with Crippen molar-refractivity contribution in [1.29, 1.82) is 0 Å². The Morgan fingerprint density at radius 2 is 1.27 bits per heavy atom. The second-order valence-corrected chi connectivity index (χ2v) is 17.4. The number of tetrazole rings is 1. The van der Waals surface area contributed by atoms with E-state index in [1.807, 2.05) is 40.4 Å². The second-order valence-electron chi connectivity index (χ2n) is 15.0. The van der Waals surface area contributed by atoms with Crippen molar-refractivity contribution in [3.8, 4) is 22.5 Å². The normalized spacial score (nSPS) is 11.6. The van der Waals surface area contributed by atoms with Gasteiger partial charge in [0.25, 0.3) is 0 Å². The van der Waals surface area contributed by atoms with Gasteiger partial charge < -0.3 is 0 Å². The number of fused-ring (bicyclic) bond motifs is 1. The van der Waals surface area contributed by atoms with Crippen molar-refractivity contribution in [3.63, 3.8) is 0 Å². The Hall–Kier alpha value is -6.47. The van der Waals surface area contributed by atoms with Crippen LogP contribution in [0.2, 0.25) is 0 Å². The summed E-state index contributed by atoms with van der Waals surface area (Å²) in [4.78, 5) is 19.5. The summed E-state index contributed by atoms with van der Waals surface area (Å²) in [5, 5.41) is 15.2. The van der Waals surface area contributed by atoms with Gasteiger partial charge in [-0.2, -0.15) is 0 Å². The molecule has 0 atom stereocenters. The molecule has 9 aromatic rings. The van der Waals surface area contributed by atoms with E-state index in [2.05, 4.69) is 158 Å². The topological polar surface area (TPSA) is 78.5 Å². The molecule has 0 aliphatic rings. The number of hydrogen-bond donors (Lipinski definition) is 0. The number of unbranched alkanes of at least 4 members (excludes halogenated alkanes) is 1. The van der Waals surface area contributed by atoms with Gasteiger partial charge in [-0.25, -0.2) is 4.68 Å². The van der Waals surface area contributed by atoms with E-state index in [4.69, 9.17) is 15.3 Å². The molecule has 290 valence electrons. The Labute approximate surface area is 350 Å². The number of aromatic nitrogens is 6. The van der Waals surface area contributed by atoms with Gasteiger partial charge in [-0.15, -0.1) is 5.10 Å². The Morgan fingerprint density at radius 1 is 0.678 bits per heavy atom. The molecule has 0 amide bonds. The average Bonchev–Trinajstić information content (AvgIpc) is 3.95. The van der Waals surface area contributed by atoms with Crippen LogP contribution in [0.3, 0.4) is 0 Å². The summed E-state index contributed by atoms with van der Waals surface area (Å²) in [6, 6.07) is 59.1. The van der Waals surface area contributed by atoms with Gasteiger partial charge in [-0.05, 0) is 27.1 Å². The summed E-state index contributed by atoms with van der Waals surface area (Å²) >= 11 is 0.199. The second kappa shape index (κ2) is 16.8. The molecule has 0 fully saturated rings. The maximum absolute atomic E-state index is 14.4. The molecule has 0 N–H and O–H groups in total. The van der Waals surface area contributed by atoms with E-state index in [-0.39, 0.29) is 20.1 Å². The third-order valence-corrected chi connectivity index (χ3v) is 13.6. The monoisotopic (exact) mass is 836 g/mol. The summed E-state index contributed by atoms with van der Waals surface area (Å²) in [6.07, 6.45) is 3.33. The molecule has 6 aromatic carbocycles. The fraction of sp³-hybridized carbons (Fsp3) is 0.157. The van der Waals surface area contributed by atoms with Crippen LogP contribution in [-0.4, -0.2) is 44.3 Å². The first-order valence-corrected chi connectivity index (χ1v) is 22.0. The number of benzene rings is 6. The van der Waals surface area contributed by atoms with Gasteiger partial charge in [0.2, 0.25) is 0 Å². The summed E-state index contributed by atoms with van der Waals surface area (Å²) < 4.78 is 6.53. The molecule has 0 saturated heterocycles. The summed E-state index contributed by atoms with van der Waals surface area (Å²) in [7, 11) is 0. The molecular formula is C51H44N6OSe. The predicted molar refractivity (Wildman–Crippen MR) is 238 cm³/mol. The number of hydrogen-bond acceptors (Lipinski definition) is 5. The van der Waals surface area contributed by atoms with E-state index in [9.17, 15) is 4.79 Å². The Morgan fingerprint density at radius 3 is 1.90 bits per heavy atom. The van der Waals surface area contributed by atoms with Crippen molar-refractivity contribution >= 4 is 24.1 Å². The molecule has 0 bridgehead atoms. The van der Waals surface area contributed by atoms with Crippen LogP contribution in [0.4, 0.5) is 0 Å². The molecular weight excluding hydrogens is 792 g/mol. The van der Waals surface area contributed by atoms with Crippen LogP contribution in [-0.2, 0) is 24.9 Å². The first-order chi connectivity index (χ1) is 29.0. The molecule has 0 aliphatic carbocycles. The molecule has 0 aliphatic heterocycles. The fourth-order valence-electron chi connectivity index (χ4n) is 8.36. The van der Waals surface area contributed by atoms with Crippen molar-refractivity contribution in [2.24, 2.45) is 0 Å². The van der Waals surface area contributed by atoms with Crippen molar-refractivity contribution in [1.82, 2.24) is 29.8 Å². The molecule has 0 spiro atoms. The Kier molecular flexibility index (Phi) is 10.8. The van der Waals surface area contributed by atoms with Gasteiger partial charge in [0, 0.05) is 0 Å². The van der Waals surface area contributed by atoms with Crippen molar-refractivity contribution < 1.29 is 0 Å². The number of nitrogens with zero attached hydrogens (tertiary/aromatic N) is 6. The van der Waals surface area contributed by atoms with E-state index >= 15 is 0 Å². The molecule has 0 saturated carbocycles. The summed E-state index contributed by atoms with van der Waals surface area (Å²) in [5.74, 6) is 1.43. The summed E-state index contributed by atoms with van der Waals surface area (Å²) in [6.45, 7) is 4.73. The predicted octanol–water partition coefficient (Wildman–Crippen LogP) is 9.90. The average molecular weight is 836 g/mol. The minimum atomic E-state index is -0.872. The van der Waals surface area contributed by atoms with Crippen LogP contribution in [0, 0.1) is 6.92 Å². The van der Waals surface area contributed by atoms with E-state index in [1.54, 1.807) is 0 Å². The van der Waals surface area contributed by atoms with Crippen LogP contribution in [0.5, 0.6) is 0 Å². The number of aryl methyl sites for hydroxylation is 2. The zero-order valence-corrected chi connectivity index (χ0v) is 34.9. The molecule has 0 radical (unpaired) electrons. The van der Waals surface area contributed by atoms with Gasteiger partial charge in [-0.3, -0.25) is 0 Å². The van der Waals surface area contributed by atoms with Gasteiger partial charge >= 0.3 is 195 Å². The Bertz CT molecular complexity index is 2770. The molecule has 8 heteroatoms. The van der Waals surface area contributed by atoms with Gasteiger partial charge in [0.05, 0.1) is 0 Å². The maximum atomic E-state index is 14.4. The molecule has 59 heavy (non-hydrogen) atoms. The third-order valence-electron chi connectivity index (χ3n) is 11.3. The zero-order valence-electron chi connectivity index (χ0n) is 33.2.